The van der Waals surface area contributed by atoms with E-state index in [0.717, 1.165) is 18.2 Å². The highest BCUT2D eigenvalue weighted by Crippen LogP contribution is 2.24. The highest BCUT2D eigenvalue weighted by molar-refractivity contribution is 6.76. The highest BCUT2D eigenvalue weighted by Gasteiger charge is 2.43. The van der Waals surface area contributed by atoms with Crippen LogP contribution in [0.15, 0.2) is 14.0 Å². The zero-order chi connectivity index (χ0) is 14.9. The molecule has 0 amide bonds. The predicted octanol–water partition coefficient (Wildman–Crippen LogP) is 0.807. The molecule has 0 aliphatic heterocycles. The van der Waals surface area contributed by atoms with E-state index in [1.165, 1.54) is 0 Å². The third kappa shape index (κ3) is 5.95. The zero-order valence-corrected chi connectivity index (χ0v) is 9.98. The van der Waals surface area contributed by atoms with Crippen molar-refractivity contribution in [2.24, 2.45) is 14.0 Å². The predicted molar refractivity (Wildman–Crippen MR) is 51.8 cm³/mol. The summed E-state index contributed by atoms with van der Waals surface area (Å²) in [7, 11) is -3.98. The van der Waals surface area contributed by atoms with E-state index >= 15 is 0 Å². The SMILES string of the molecule is O=C=N[Si](CCOC(F)C(F)(F)F)(N=C=O)N=C=O. The van der Waals surface area contributed by atoms with Gasteiger partial charge in [0, 0.05) is 6.04 Å². The number of hydrogen-bond acceptors (Lipinski definition) is 7. The topological polar surface area (TPSA) is 97.5 Å². The third-order valence-corrected chi connectivity index (χ3v) is 3.86. The van der Waals surface area contributed by atoms with Crippen molar-refractivity contribution in [3.8, 4) is 0 Å². The second kappa shape index (κ2) is 7.47. The first-order valence-electron chi connectivity index (χ1n) is 4.41. The minimum absolute atomic E-state index is 0.650. The molecule has 0 saturated heterocycles. The number of carbonyl (C=O) groups excluding carboxylic acids is 3. The van der Waals surface area contributed by atoms with Crippen molar-refractivity contribution in [1.29, 1.82) is 0 Å². The van der Waals surface area contributed by atoms with Gasteiger partial charge in [0.2, 0.25) is 18.2 Å². The van der Waals surface area contributed by atoms with Crippen LogP contribution in [-0.2, 0) is 19.1 Å². The molecule has 0 bridgehead atoms. The summed E-state index contributed by atoms with van der Waals surface area (Å²) in [6, 6.07) is -0.650. The van der Waals surface area contributed by atoms with Crippen molar-refractivity contribution in [1.82, 2.24) is 0 Å². The molecule has 0 aromatic carbocycles. The highest BCUT2D eigenvalue weighted by atomic mass is 28.4. The van der Waals surface area contributed by atoms with E-state index in [-0.39, 0.29) is 0 Å². The summed E-state index contributed by atoms with van der Waals surface area (Å²) in [4.78, 5) is 30.3. The molecule has 12 heteroatoms. The fourth-order valence-electron chi connectivity index (χ4n) is 0.856. The first kappa shape index (κ1) is 17.0. The maximum absolute atomic E-state index is 12.4. The van der Waals surface area contributed by atoms with Crippen molar-refractivity contribution in [2.75, 3.05) is 6.61 Å². The number of hydrogen-bond donors (Lipinski definition) is 0. The van der Waals surface area contributed by atoms with Gasteiger partial charge in [0.15, 0.2) is 0 Å². The minimum atomic E-state index is -5.22. The molecule has 104 valence electrons. The summed E-state index contributed by atoms with van der Waals surface area (Å²) in [6.45, 7) is -0.922. The molecule has 0 radical (unpaired) electrons. The Balaban J connectivity index is 4.82. The monoisotopic (exact) mass is 299 g/mol. The maximum Gasteiger partial charge on any atom is 0.469 e. The number of nitrogens with zero attached hydrogens (tertiary/aromatic N) is 3. The first-order valence-corrected chi connectivity index (χ1v) is 6.45. The quantitative estimate of drug-likeness (QED) is 0.300. The van der Waals surface area contributed by atoms with E-state index in [1.807, 2.05) is 0 Å². The Bertz CT molecular complexity index is 406. The molecule has 19 heavy (non-hydrogen) atoms. The molecule has 0 aliphatic rings. The minimum Gasteiger partial charge on any atom is -0.341 e. The normalized spacial score (nSPS) is 15.2. The Kier molecular flexibility index (Phi) is 6.70. The number of ether oxygens (including phenoxy) is 1. The smallest absolute Gasteiger partial charge is 0.341 e. The van der Waals surface area contributed by atoms with Gasteiger partial charge in [0.25, 0.3) is 6.36 Å². The Labute approximate surface area is 103 Å². The van der Waals surface area contributed by atoms with E-state index < -0.39 is 33.7 Å². The van der Waals surface area contributed by atoms with Crippen LogP contribution in [0.25, 0.3) is 0 Å². The van der Waals surface area contributed by atoms with Gasteiger partial charge in [-0.15, -0.1) is 0 Å². The third-order valence-electron chi connectivity index (χ3n) is 1.63. The lowest BCUT2D eigenvalue weighted by Gasteiger charge is -2.15. The second-order valence-electron chi connectivity index (χ2n) is 2.86. The van der Waals surface area contributed by atoms with Crippen molar-refractivity contribution in [2.45, 2.75) is 18.6 Å². The summed E-state index contributed by atoms with van der Waals surface area (Å²) in [5.74, 6) is 0. The molecule has 7 nitrogen and oxygen atoms in total. The van der Waals surface area contributed by atoms with Gasteiger partial charge in [-0.05, 0) is 0 Å². The Morgan fingerprint density at radius 1 is 1.05 bits per heavy atom. The van der Waals surface area contributed by atoms with Gasteiger partial charge < -0.3 is 4.74 Å². The molecule has 0 saturated carbocycles. The fourth-order valence-corrected chi connectivity index (χ4v) is 2.17. The van der Waals surface area contributed by atoms with Crippen LogP contribution in [-0.4, -0.2) is 45.9 Å². The van der Waals surface area contributed by atoms with Gasteiger partial charge in [-0.25, -0.2) is 18.8 Å². The molecule has 1 atom stereocenters. The van der Waals surface area contributed by atoms with Gasteiger partial charge in [-0.1, -0.05) is 0 Å². The average Bonchev–Trinajstić information content (AvgIpc) is 2.28. The van der Waals surface area contributed by atoms with Crippen LogP contribution >= 0.6 is 0 Å². The molecular weight excluding hydrogens is 294 g/mol. The van der Waals surface area contributed by atoms with E-state index in [2.05, 4.69) is 18.7 Å². The molecule has 1 unspecified atom stereocenters. The molecule has 0 aliphatic carbocycles. The number of alkyl halides is 4. The molecule has 0 rings (SSSR count). The van der Waals surface area contributed by atoms with E-state index in [1.54, 1.807) is 0 Å². The lowest BCUT2D eigenvalue weighted by atomic mass is 10.6. The lowest BCUT2D eigenvalue weighted by Crippen LogP contribution is -2.33. The van der Waals surface area contributed by atoms with Crippen LogP contribution in [0.1, 0.15) is 0 Å². The maximum atomic E-state index is 12.4. The second-order valence-corrected chi connectivity index (χ2v) is 5.58. The van der Waals surface area contributed by atoms with Crippen LogP contribution in [0.5, 0.6) is 0 Å². The van der Waals surface area contributed by atoms with Crippen molar-refractivity contribution in [3.05, 3.63) is 0 Å². The van der Waals surface area contributed by atoms with Gasteiger partial charge >= 0.3 is 14.7 Å². The van der Waals surface area contributed by atoms with Gasteiger partial charge in [0.05, 0.1) is 6.61 Å². The van der Waals surface area contributed by atoms with Gasteiger partial charge in [-0.3, -0.25) is 0 Å². The Morgan fingerprint density at radius 2 is 1.47 bits per heavy atom. The van der Waals surface area contributed by atoms with Crippen LogP contribution < -0.4 is 0 Å². The standard InChI is InChI=1S/C7H5F4N3O4Si/c8-6(7(9,10)11)18-1-2-19(12-3-15,13-4-16)14-5-17/h6H,1-2H2. The van der Waals surface area contributed by atoms with Gasteiger partial charge in [-0.2, -0.15) is 27.1 Å². The van der Waals surface area contributed by atoms with E-state index in [4.69, 9.17) is 0 Å². The largest absolute Gasteiger partial charge is 0.469 e. The molecule has 0 heterocycles. The first-order chi connectivity index (χ1) is 8.81. The Morgan fingerprint density at radius 3 is 1.79 bits per heavy atom. The van der Waals surface area contributed by atoms with Crippen molar-refractivity contribution in [3.63, 3.8) is 0 Å². The van der Waals surface area contributed by atoms with Gasteiger partial charge in [0.1, 0.15) is 0 Å². The summed E-state index contributed by atoms with van der Waals surface area (Å²) in [5, 5.41) is 0. The van der Waals surface area contributed by atoms with Crippen LogP contribution in [0.3, 0.4) is 0 Å². The molecule has 0 aromatic rings. The van der Waals surface area contributed by atoms with Crippen molar-refractivity contribution >= 4 is 26.8 Å². The summed E-state index contributed by atoms with van der Waals surface area (Å²) < 4.78 is 60.4. The molecule has 0 aromatic heterocycles. The summed E-state index contributed by atoms with van der Waals surface area (Å²) in [5.41, 5.74) is 0. The molecular formula is C7H5F4N3O4Si. The molecule has 0 fully saturated rings. The van der Waals surface area contributed by atoms with Crippen molar-refractivity contribution < 1.29 is 36.7 Å². The Hall–Kier alpha value is -1.96. The fraction of sp³-hybridized carbons (Fsp3) is 0.571. The van der Waals surface area contributed by atoms with E-state index in [9.17, 15) is 31.9 Å². The van der Waals surface area contributed by atoms with E-state index in [0.29, 0.717) is 0 Å². The zero-order valence-electron chi connectivity index (χ0n) is 8.98. The molecule has 0 N–H and O–H groups in total. The number of halogens is 4. The number of isocyanates is 3. The molecule has 0 spiro atoms. The lowest BCUT2D eigenvalue weighted by molar-refractivity contribution is -0.263. The summed E-state index contributed by atoms with van der Waals surface area (Å²) >= 11 is 0. The van der Waals surface area contributed by atoms with Crippen LogP contribution in [0.4, 0.5) is 17.6 Å². The van der Waals surface area contributed by atoms with Crippen LogP contribution in [0, 0.1) is 0 Å². The van der Waals surface area contributed by atoms with Crippen LogP contribution in [0.2, 0.25) is 6.04 Å². The summed E-state index contributed by atoms with van der Waals surface area (Å²) in [6.07, 6.45) is -5.88. The average molecular weight is 299 g/mol. The number of rotatable bonds is 7.